The Hall–Kier alpha value is -2.79. The molecule has 0 spiro atoms. The summed E-state index contributed by atoms with van der Waals surface area (Å²) >= 11 is 5.83. The van der Waals surface area contributed by atoms with Crippen LogP contribution in [0.25, 0.3) is 11.0 Å². The number of benzene rings is 2. The number of carbonyl (C=O) groups excluding carboxylic acids is 2. The maximum absolute atomic E-state index is 12.4. The molecular formula is C21H19ClO5. The zero-order valence-corrected chi connectivity index (χ0v) is 16.0. The summed E-state index contributed by atoms with van der Waals surface area (Å²) in [5.74, 6) is 0.319. The highest BCUT2D eigenvalue weighted by molar-refractivity contribution is 6.30. The van der Waals surface area contributed by atoms with E-state index in [4.69, 9.17) is 25.5 Å². The average molecular weight is 387 g/mol. The molecule has 0 bridgehead atoms. The van der Waals surface area contributed by atoms with Crippen LogP contribution in [0.1, 0.15) is 40.3 Å². The van der Waals surface area contributed by atoms with Crippen molar-refractivity contribution >= 4 is 34.3 Å². The molecule has 0 saturated heterocycles. The fourth-order valence-electron chi connectivity index (χ4n) is 2.68. The number of halogens is 1. The lowest BCUT2D eigenvalue weighted by Gasteiger charge is -2.08. The summed E-state index contributed by atoms with van der Waals surface area (Å²) in [5, 5.41) is 1.16. The lowest BCUT2D eigenvalue weighted by molar-refractivity contribution is 0.0378. The molecule has 0 N–H and O–H groups in total. The SMILES string of the molecule is Cc1oc2ccc(OCC(=O)c3ccc(Cl)cc3)cc2c1C(=O)OC(C)C. The van der Waals surface area contributed by atoms with Crippen molar-refractivity contribution in [3.8, 4) is 5.75 Å². The minimum Gasteiger partial charge on any atom is -0.485 e. The van der Waals surface area contributed by atoms with Gasteiger partial charge in [0.2, 0.25) is 0 Å². The second kappa shape index (κ2) is 7.84. The summed E-state index contributed by atoms with van der Waals surface area (Å²) < 4.78 is 16.5. The maximum Gasteiger partial charge on any atom is 0.342 e. The van der Waals surface area contributed by atoms with E-state index < -0.39 is 5.97 Å². The Labute approximate surface area is 161 Å². The van der Waals surface area contributed by atoms with E-state index in [2.05, 4.69) is 0 Å². The van der Waals surface area contributed by atoms with Crippen LogP contribution < -0.4 is 4.74 Å². The molecule has 0 amide bonds. The fraction of sp³-hybridized carbons (Fsp3) is 0.238. The third-order valence-corrected chi connectivity index (χ3v) is 4.17. The van der Waals surface area contributed by atoms with E-state index in [9.17, 15) is 9.59 Å². The van der Waals surface area contributed by atoms with Gasteiger partial charge in [-0.25, -0.2) is 4.79 Å². The zero-order chi connectivity index (χ0) is 19.6. The molecule has 2 aromatic carbocycles. The number of rotatable bonds is 6. The molecule has 0 aliphatic carbocycles. The lowest BCUT2D eigenvalue weighted by Crippen LogP contribution is -2.12. The van der Waals surface area contributed by atoms with Crippen molar-refractivity contribution in [2.45, 2.75) is 26.9 Å². The third-order valence-electron chi connectivity index (χ3n) is 3.92. The van der Waals surface area contributed by atoms with Crippen LogP contribution in [0.2, 0.25) is 5.02 Å². The number of hydrogen-bond donors (Lipinski definition) is 0. The van der Waals surface area contributed by atoms with Crippen LogP contribution in [0.15, 0.2) is 46.9 Å². The number of aryl methyl sites for hydroxylation is 1. The monoisotopic (exact) mass is 386 g/mol. The maximum atomic E-state index is 12.4. The van der Waals surface area contributed by atoms with Gasteiger partial charge in [0.05, 0.1) is 6.10 Å². The van der Waals surface area contributed by atoms with Gasteiger partial charge in [-0.2, -0.15) is 0 Å². The highest BCUT2D eigenvalue weighted by atomic mass is 35.5. The summed E-state index contributed by atoms with van der Waals surface area (Å²) in [6.45, 7) is 5.15. The molecule has 140 valence electrons. The van der Waals surface area contributed by atoms with Gasteiger partial charge in [0.1, 0.15) is 22.7 Å². The molecule has 0 atom stereocenters. The predicted octanol–water partition coefficient (Wildman–Crippen LogP) is 5.22. The van der Waals surface area contributed by atoms with Gasteiger partial charge in [0.25, 0.3) is 0 Å². The fourth-order valence-corrected chi connectivity index (χ4v) is 2.81. The molecule has 0 radical (unpaired) electrons. The summed E-state index contributed by atoms with van der Waals surface area (Å²) in [6.07, 6.45) is -0.238. The first-order chi connectivity index (χ1) is 12.8. The van der Waals surface area contributed by atoms with Gasteiger partial charge in [-0.05, 0) is 63.2 Å². The van der Waals surface area contributed by atoms with E-state index in [1.165, 1.54) is 0 Å². The number of fused-ring (bicyclic) bond motifs is 1. The molecule has 0 fully saturated rings. The molecular weight excluding hydrogens is 368 g/mol. The summed E-state index contributed by atoms with van der Waals surface area (Å²) in [7, 11) is 0. The Morgan fingerprint density at radius 1 is 1.11 bits per heavy atom. The number of ether oxygens (including phenoxy) is 2. The average Bonchev–Trinajstić information content (AvgIpc) is 2.94. The summed E-state index contributed by atoms with van der Waals surface area (Å²) in [6, 6.07) is 11.7. The number of ketones is 1. The Kier molecular flexibility index (Phi) is 5.51. The highest BCUT2D eigenvalue weighted by Gasteiger charge is 2.21. The Morgan fingerprint density at radius 3 is 2.48 bits per heavy atom. The minimum atomic E-state index is -0.448. The first-order valence-electron chi connectivity index (χ1n) is 8.51. The lowest BCUT2D eigenvalue weighted by atomic mass is 10.1. The quantitative estimate of drug-likeness (QED) is 0.429. The van der Waals surface area contributed by atoms with Crippen molar-refractivity contribution in [1.82, 2.24) is 0 Å². The van der Waals surface area contributed by atoms with Gasteiger partial charge >= 0.3 is 5.97 Å². The van der Waals surface area contributed by atoms with Crippen molar-refractivity contribution < 1.29 is 23.5 Å². The molecule has 3 rings (SSSR count). The third kappa shape index (κ3) is 4.31. The minimum absolute atomic E-state index is 0.129. The summed E-state index contributed by atoms with van der Waals surface area (Å²) in [5.41, 5.74) is 1.44. The zero-order valence-electron chi connectivity index (χ0n) is 15.2. The van der Waals surface area contributed by atoms with Crippen LogP contribution in [-0.4, -0.2) is 24.5 Å². The van der Waals surface area contributed by atoms with E-state index in [0.717, 1.165) is 0 Å². The number of carbonyl (C=O) groups is 2. The van der Waals surface area contributed by atoms with Crippen LogP contribution in [0, 0.1) is 6.92 Å². The van der Waals surface area contributed by atoms with E-state index in [-0.39, 0.29) is 18.5 Å². The van der Waals surface area contributed by atoms with E-state index in [0.29, 0.717) is 38.6 Å². The van der Waals surface area contributed by atoms with Gasteiger partial charge in [-0.15, -0.1) is 0 Å². The topological polar surface area (TPSA) is 65.7 Å². The molecule has 0 saturated carbocycles. The highest BCUT2D eigenvalue weighted by Crippen LogP contribution is 2.30. The molecule has 5 nitrogen and oxygen atoms in total. The van der Waals surface area contributed by atoms with Crippen molar-refractivity contribution in [3.05, 3.63) is 64.4 Å². The van der Waals surface area contributed by atoms with Crippen molar-refractivity contribution in [2.75, 3.05) is 6.61 Å². The Morgan fingerprint density at radius 2 is 1.81 bits per heavy atom. The largest absolute Gasteiger partial charge is 0.485 e. The van der Waals surface area contributed by atoms with Crippen molar-refractivity contribution in [2.24, 2.45) is 0 Å². The van der Waals surface area contributed by atoms with Crippen LogP contribution in [0.5, 0.6) is 5.75 Å². The molecule has 3 aromatic rings. The van der Waals surface area contributed by atoms with Gasteiger partial charge in [-0.3, -0.25) is 4.79 Å². The normalized spacial score (nSPS) is 11.0. The van der Waals surface area contributed by atoms with Crippen LogP contribution >= 0.6 is 11.6 Å². The van der Waals surface area contributed by atoms with E-state index in [1.54, 1.807) is 63.2 Å². The first kappa shape index (κ1) is 19.0. The Bertz CT molecular complexity index is 986. The van der Waals surface area contributed by atoms with Gasteiger partial charge in [0.15, 0.2) is 12.4 Å². The van der Waals surface area contributed by atoms with Gasteiger partial charge in [0, 0.05) is 16.0 Å². The number of hydrogen-bond acceptors (Lipinski definition) is 5. The standard InChI is InChI=1S/C21H19ClO5/c1-12(2)26-21(24)20-13(3)27-19-9-8-16(10-17(19)20)25-11-18(23)14-4-6-15(22)7-5-14/h4-10,12H,11H2,1-3H3. The number of furan rings is 1. The molecule has 0 aliphatic rings. The molecule has 6 heteroatoms. The van der Waals surface area contributed by atoms with Gasteiger partial charge < -0.3 is 13.9 Å². The molecule has 0 unspecified atom stereocenters. The summed E-state index contributed by atoms with van der Waals surface area (Å²) in [4.78, 5) is 24.6. The number of esters is 1. The predicted molar refractivity (Wildman–Crippen MR) is 103 cm³/mol. The van der Waals surface area contributed by atoms with Crippen LogP contribution in [0.3, 0.4) is 0 Å². The number of Topliss-reactive ketones (excluding diaryl/α,β-unsaturated/α-hetero) is 1. The second-order valence-electron chi connectivity index (χ2n) is 6.36. The molecule has 1 heterocycles. The molecule has 0 aliphatic heterocycles. The smallest absolute Gasteiger partial charge is 0.342 e. The van der Waals surface area contributed by atoms with Crippen LogP contribution in [0.4, 0.5) is 0 Å². The molecule has 1 aromatic heterocycles. The van der Waals surface area contributed by atoms with Crippen molar-refractivity contribution in [3.63, 3.8) is 0 Å². The van der Waals surface area contributed by atoms with E-state index in [1.807, 2.05) is 0 Å². The van der Waals surface area contributed by atoms with Gasteiger partial charge in [-0.1, -0.05) is 11.6 Å². The Balaban J connectivity index is 1.80. The van der Waals surface area contributed by atoms with Crippen LogP contribution in [-0.2, 0) is 4.74 Å². The first-order valence-corrected chi connectivity index (χ1v) is 8.88. The molecule has 27 heavy (non-hydrogen) atoms. The van der Waals surface area contributed by atoms with Crippen molar-refractivity contribution in [1.29, 1.82) is 0 Å². The second-order valence-corrected chi connectivity index (χ2v) is 6.80. The van der Waals surface area contributed by atoms with E-state index >= 15 is 0 Å².